The first-order chi connectivity index (χ1) is 11.2. The third kappa shape index (κ3) is 3.75. The van der Waals surface area contributed by atoms with Crippen molar-refractivity contribution in [1.82, 2.24) is 9.88 Å². The second kappa shape index (κ2) is 6.89. The Balaban J connectivity index is 1.63. The van der Waals surface area contributed by atoms with Crippen LogP contribution in [0.4, 0.5) is 5.69 Å². The zero-order chi connectivity index (χ0) is 16.2. The lowest BCUT2D eigenvalue weighted by molar-refractivity contribution is -0.384. The number of nitro benzene ring substituents is 1. The maximum atomic E-state index is 10.7. The van der Waals surface area contributed by atoms with Crippen LogP contribution in [0.3, 0.4) is 0 Å². The van der Waals surface area contributed by atoms with Crippen LogP contribution < -0.4 is 0 Å². The van der Waals surface area contributed by atoms with E-state index in [9.17, 15) is 10.1 Å². The summed E-state index contributed by atoms with van der Waals surface area (Å²) in [5.74, 6) is 0.888. The fourth-order valence-corrected chi connectivity index (χ4v) is 2.79. The molecule has 0 atom stereocenters. The van der Waals surface area contributed by atoms with Crippen LogP contribution in [0.15, 0.2) is 34.9 Å². The largest absolute Gasteiger partial charge is 0.444 e. The molecule has 23 heavy (non-hydrogen) atoms. The molecule has 1 N–H and O–H groups in total. The summed E-state index contributed by atoms with van der Waals surface area (Å²) in [4.78, 5) is 17.0. The van der Waals surface area contributed by atoms with Crippen molar-refractivity contribution >= 4 is 5.69 Å². The number of oxazole rings is 1. The number of likely N-dealkylation sites (tertiary alicyclic amines) is 1. The zero-order valence-electron chi connectivity index (χ0n) is 12.7. The van der Waals surface area contributed by atoms with Crippen molar-refractivity contribution in [3.8, 4) is 11.5 Å². The topological polar surface area (TPSA) is 92.6 Å². The van der Waals surface area contributed by atoms with Gasteiger partial charge in [-0.1, -0.05) is 0 Å². The number of benzene rings is 1. The van der Waals surface area contributed by atoms with E-state index in [0.717, 1.165) is 37.2 Å². The fourth-order valence-electron chi connectivity index (χ4n) is 2.79. The van der Waals surface area contributed by atoms with Crippen molar-refractivity contribution in [3.63, 3.8) is 0 Å². The van der Waals surface area contributed by atoms with Gasteiger partial charge >= 0.3 is 0 Å². The molecule has 0 spiro atoms. The van der Waals surface area contributed by atoms with E-state index in [2.05, 4.69) is 9.88 Å². The lowest BCUT2D eigenvalue weighted by atomic mass is 9.98. The Kier molecular flexibility index (Phi) is 4.68. The molecule has 0 unspecified atom stereocenters. The van der Waals surface area contributed by atoms with Crippen molar-refractivity contribution in [3.05, 3.63) is 46.3 Å². The second-order valence-electron chi connectivity index (χ2n) is 5.85. The molecular weight excluding hydrogens is 298 g/mol. The average molecular weight is 317 g/mol. The standard InChI is InChI=1S/C16H19N3O4/c20-10-12-5-7-18(8-6-12)9-14-11-23-16(17-14)13-1-3-15(4-2-13)19(21)22/h1-4,11-12,20H,5-10H2. The van der Waals surface area contributed by atoms with Crippen molar-refractivity contribution < 1.29 is 14.4 Å². The molecule has 1 aromatic carbocycles. The number of rotatable bonds is 5. The van der Waals surface area contributed by atoms with E-state index in [1.807, 2.05) is 0 Å². The SMILES string of the molecule is O=[N+]([O-])c1ccc(-c2nc(CN3CCC(CO)CC3)co2)cc1. The average Bonchev–Trinajstić information content (AvgIpc) is 3.04. The van der Waals surface area contributed by atoms with E-state index >= 15 is 0 Å². The van der Waals surface area contributed by atoms with Gasteiger partial charge in [0.2, 0.25) is 5.89 Å². The molecule has 0 aliphatic carbocycles. The maximum absolute atomic E-state index is 10.7. The molecule has 1 saturated heterocycles. The Morgan fingerprint density at radius 3 is 2.61 bits per heavy atom. The lowest BCUT2D eigenvalue weighted by Gasteiger charge is -2.30. The molecule has 122 valence electrons. The first kappa shape index (κ1) is 15.6. The van der Waals surface area contributed by atoms with Crippen molar-refractivity contribution in [1.29, 1.82) is 0 Å². The number of hydrogen-bond donors (Lipinski definition) is 1. The van der Waals surface area contributed by atoms with Crippen LogP contribution in [0.5, 0.6) is 0 Å². The Hall–Kier alpha value is -2.25. The smallest absolute Gasteiger partial charge is 0.269 e. The van der Waals surface area contributed by atoms with Gasteiger partial charge in [0.15, 0.2) is 0 Å². The highest BCUT2D eigenvalue weighted by atomic mass is 16.6. The zero-order valence-corrected chi connectivity index (χ0v) is 12.7. The molecule has 1 aliphatic rings. The molecule has 1 aromatic heterocycles. The minimum Gasteiger partial charge on any atom is -0.444 e. The van der Waals surface area contributed by atoms with Crippen LogP contribution in [0.2, 0.25) is 0 Å². The Labute approximate surface area is 133 Å². The number of nitrogens with zero attached hydrogens (tertiary/aromatic N) is 3. The van der Waals surface area contributed by atoms with Crippen LogP contribution in [0.1, 0.15) is 18.5 Å². The summed E-state index contributed by atoms with van der Waals surface area (Å²) in [5, 5.41) is 19.8. The van der Waals surface area contributed by atoms with Gasteiger partial charge < -0.3 is 9.52 Å². The fraction of sp³-hybridized carbons (Fsp3) is 0.438. The number of nitro groups is 1. The molecule has 3 rings (SSSR count). The van der Waals surface area contributed by atoms with Gasteiger partial charge in [0.25, 0.3) is 5.69 Å². The summed E-state index contributed by atoms with van der Waals surface area (Å²) in [6, 6.07) is 6.17. The Bertz CT molecular complexity index is 660. The third-order valence-corrected chi connectivity index (χ3v) is 4.23. The predicted octanol–water partition coefficient (Wildman–Crippen LogP) is 2.45. The van der Waals surface area contributed by atoms with E-state index in [-0.39, 0.29) is 12.3 Å². The van der Waals surface area contributed by atoms with Crippen molar-refractivity contribution in [2.24, 2.45) is 5.92 Å². The third-order valence-electron chi connectivity index (χ3n) is 4.23. The van der Waals surface area contributed by atoms with Gasteiger partial charge in [0.05, 0.1) is 10.6 Å². The van der Waals surface area contributed by atoms with Crippen molar-refractivity contribution in [2.45, 2.75) is 19.4 Å². The summed E-state index contributed by atoms with van der Waals surface area (Å²) >= 11 is 0. The van der Waals surface area contributed by atoms with Crippen LogP contribution >= 0.6 is 0 Å². The summed E-state index contributed by atoms with van der Waals surface area (Å²) in [6.45, 7) is 2.88. The number of aliphatic hydroxyl groups is 1. The molecule has 2 aromatic rings. The van der Waals surface area contributed by atoms with Crippen LogP contribution in [0.25, 0.3) is 11.5 Å². The van der Waals surface area contributed by atoms with E-state index in [0.29, 0.717) is 18.4 Å². The molecule has 0 amide bonds. The molecule has 0 radical (unpaired) electrons. The van der Waals surface area contributed by atoms with E-state index in [1.165, 1.54) is 12.1 Å². The Morgan fingerprint density at radius 2 is 2.00 bits per heavy atom. The summed E-state index contributed by atoms with van der Waals surface area (Å²) in [5.41, 5.74) is 1.62. The second-order valence-corrected chi connectivity index (χ2v) is 5.85. The normalized spacial score (nSPS) is 16.6. The predicted molar refractivity (Wildman–Crippen MR) is 83.7 cm³/mol. The first-order valence-corrected chi connectivity index (χ1v) is 7.68. The molecule has 1 aliphatic heterocycles. The van der Waals surface area contributed by atoms with Crippen LogP contribution in [-0.2, 0) is 6.54 Å². The maximum Gasteiger partial charge on any atom is 0.269 e. The van der Waals surface area contributed by atoms with Gasteiger partial charge in [-0.05, 0) is 44.0 Å². The highest BCUT2D eigenvalue weighted by Crippen LogP contribution is 2.23. The monoisotopic (exact) mass is 317 g/mol. The van der Waals surface area contributed by atoms with Gasteiger partial charge in [-0.15, -0.1) is 0 Å². The first-order valence-electron chi connectivity index (χ1n) is 7.68. The molecule has 0 saturated carbocycles. The van der Waals surface area contributed by atoms with Gasteiger partial charge in [0, 0.05) is 30.8 Å². The molecular formula is C16H19N3O4. The number of piperidine rings is 1. The minimum atomic E-state index is -0.430. The molecule has 2 heterocycles. The number of aliphatic hydroxyl groups excluding tert-OH is 1. The summed E-state index contributed by atoms with van der Waals surface area (Å²) in [7, 11) is 0. The number of aromatic nitrogens is 1. The summed E-state index contributed by atoms with van der Waals surface area (Å²) in [6.07, 6.45) is 3.64. The minimum absolute atomic E-state index is 0.0484. The van der Waals surface area contributed by atoms with E-state index in [4.69, 9.17) is 9.52 Å². The highest BCUT2D eigenvalue weighted by molar-refractivity contribution is 5.55. The van der Waals surface area contributed by atoms with E-state index < -0.39 is 4.92 Å². The molecule has 7 heteroatoms. The van der Waals surface area contributed by atoms with Gasteiger partial charge in [-0.25, -0.2) is 4.98 Å². The van der Waals surface area contributed by atoms with Crippen molar-refractivity contribution in [2.75, 3.05) is 19.7 Å². The lowest BCUT2D eigenvalue weighted by Crippen LogP contribution is -2.34. The van der Waals surface area contributed by atoms with E-state index in [1.54, 1.807) is 18.4 Å². The molecule has 1 fully saturated rings. The summed E-state index contributed by atoms with van der Waals surface area (Å²) < 4.78 is 5.49. The number of hydrogen-bond acceptors (Lipinski definition) is 6. The van der Waals surface area contributed by atoms with Gasteiger partial charge in [-0.2, -0.15) is 0 Å². The van der Waals surface area contributed by atoms with Crippen LogP contribution in [0, 0.1) is 16.0 Å². The molecule has 7 nitrogen and oxygen atoms in total. The molecule has 0 bridgehead atoms. The Morgan fingerprint density at radius 1 is 1.30 bits per heavy atom. The highest BCUT2D eigenvalue weighted by Gasteiger charge is 2.19. The van der Waals surface area contributed by atoms with Gasteiger partial charge in [0.1, 0.15) is 6.26 Å². The van der Waals surface area contributed by atoms with Crippen LogP contribution in [-0.4, -0.2) is 39.6 Å². The quantitative estimate of drug-likeness (QED) is 0.672. The van der Waals surface area contributed by atoms with Gasteiger partial charge in [-0.3, -0.25) is 15.0 Å². The number of non-ortho nitro benzene ring substituents is 1.